The lowest BCUT2D eigenvalue weighted by atomic mass is 9.84. The van der Waals surface area contributed by atoms with Crippen LogP contribution in [0.3, 0.4) is 0 Å². The molecule has 1 aliphatic heterocycles. The number of nitrogens with zero attached hydrogens (tertiary/aromatic N) is 1. The average Bonchev–Trinajstić information content (AvgIpc) is 2.49. The van der Waals surface area contributed by atoms with Crippen LogP contribution in [0, 0.1) is 13.8 Å². The fourth-order valence-electron chi connectivity index (χ4n) is 3.10. The van der Waals surface area contributed by atoms with Gasteiger partial charge in [-0.1, -0.05) is 12.1 Å². The molecule has 2 rings (SSSR count). The Kier molecular flexibility index (Phi) is 4.88. The van der Waals surface area contributed by atoms with Gasteiger partial charge in [0.2, 0.25) is 5.91 Å². The Balaban J connectivity index is 2.26. The van der Waals surface area contributed by atoms with Gasteiger partial charge in [0.15, 0.2) is 0 Å². The molecule has 1 aromatic rings. The summed E-state index contributed by atoms with van der Waals surface area (Å²) in [5, 5.41) is 3.33. The minimum Gasteiger partial charge on any atom is -0.496 e. The quantitative estimate of drug-likeness (QED) is 0.928. The number of benzene rings is 1. The van der Waals surface area contributed by atoms with Crippen molar-refractivity contribution in [2.45, 2.75) is 38.6 Å². The van der Waals surface area contributed by atoms with Crippen molar-refractivity contribution >= 4 is 5.91 Å². The summed E-state index contributed by atoms with van der Waals surface area (Å²) in [6, 6.07) is 4.22. The molecular formula is C17H26N2O2. The molecule has 1 saturated heterocycles. The van der Waals surface area contributed by atoms with Gasteiger partial charge >= 0.3 is 0 Å². The van der Waals surface area contributed by atoms with Crippen LogP contribution in [0.5, 0.6) is 5.75 Å². The Morgan fingerprint density at radius 2 is 2.05 bits per heavy atom. The highest BCUT2D eigenvalue weighted by atomic mass is 16.5. The SMILES string of the molecule is COc1c(C2CCNC(C(=O)N(C)C)C2)ccc(C)c1C. The zero-order chi connectivity index (χ0) is 15.6. The van der Waals surface area contributed by atoms with Gasteiger partial charge in [0.1, 0.15) is 5.75 Å². The van der Waals surface area contributed by atoms with Gasteiger partial charge in [-0.05, 0) is 55.8 Å². The van der Waals surface area contributed by atoms with E-state index < -0.39 is 0 Å². The topological polar surface area (TPSA) is 41.6 Å². The van der Waals surface area contributed by atoms with Crippen LogP contribution in [0.1, 0.15) is 35.4 Å². The van der Waals surface area contributed by atoms with E-state index in [1.807, 2.05) is 14.1 Å². The molecule has 0 bridgehead atoms. The van der Waals surface area contributed by atoms with Gasteiger partial charge in [-0.25, -0.2) is 0 Å². The number of hydrogen-bond acceptors (Lipinski definition) is 3. The molecule has 1 aromatic carbocycles. The molecule has 116 valence electrons. The molecule has 21 heavy (non-hydrogen) atoms. The first-order chi connectivity index (χ1) is 9.95. The Morgan fingerprint density at radius 1 is 1.33 bits per heavy atom. The molecule has 0 saturated carbocycles. The minimum absolute atomic E-state index is 0.0925. The molecule has 1 amide bonds. The number of piperidine rings is 1. The van der Waals surface area contributed by atoms with E-state index in [0.29, 0.717) is 5.92 Å². The van der Waals surface area contributed by atoms with E-state index in [4.69, 9.17) is 4.74 Å². The van der Waals surface area contributed by atoms with Crippen LogP contribution in [0.25, 0.3) is 0 Å². The van der Waals surface area contributed by atoms with Gasteiger partial charge in [0.25, 0.3) is 0 Å². The first-order valence-electron chi connectivity index (χ1n) is 7.54. The first-order valence-corrected chi connectivity index (χ1v) is 7.54. The van der Waals surface area contributed by atoms with E-state index in [0.717, 1.165) is 25.1 Å². The molecule has 2 unspecified atom stereocenters. The third-order valence-electron chi connectivity index (χ3n) is 4.49. The number of carbonyl (C=O) groups is 1. The smallest absolute Gasteiger partial charge is 0.239 e. The molecule has 0 aromatic heterocycles. The Morgan fingerprint density at radius 3 is 2.67 bits per heavy atom. The minimum atomic E-state index is -0.0925. The number of hydrogen-bond donors (Lipinski definition) is 1. The van der Waals surface area contributed by atoms with Gasteiger partial charge in [-0.2, -0.15) is 0 Å². The van der Waals surface area contributed by atoms with Crippen LogP contribution >= 0.6 is 0 Å². The Bertz CT molecular complexity index is 526. The molecule has 2 atom stereocenters. The number of carbonyl (C=O) groups excluding carboxylic acids is 1. The third kappa shape index (κ3) is 3.21. The number of likely N-dealkylation sites (N-methyl/N-ethyl adjacent to an activating group) is 1. The van der Waals surface area contributed by atoms with Crippen LogP contribution < -0.4 is 10.1 Å². The number of ether oxygens (including phenoxy) is 1. The highest BCUT2D eigenvalue weighted by Gasteiger charge is 2.30. The fourth-order valence-corrected chi connectivity index (χ4v) is 3.10. The van der Waals surface area contributed by atoms with Gasteiger partial charge in [0.05, 0.1) is 13.2 Å². The zero-order valence-electron chi connectivity index (χ0n) is 13.7. The summed E-state index contributed by atoms with van der Waals surface area (Å²) < 4.78 is 5.64. The van der Waals surface area contributed by atoms with Crippen molar-refractivity contribution in [1.29, 1.82) is 0 Å². The lowest BCUT2D eigenvalue weighted by Gasteiger charge is -2.32. The highest BCUT2D eigenvalue weighted by Crippen LogP contribution is 2.37. The van der Waals surface area contributed by atoms with Crippen molar-refractivity contribution in [3.8, 4) is 5.75 Å². The monoisotopic (exact) mass is 290 g/mol. The molecule has 1 N–H and O–H groups in total. The molecule has 0 radical (unpaired) electrons. The van der Waals surface area contributed by atoms with Gasteiger partial charge in [0, 0.05) is 14.1 Å². The van der Waals surface area contributed by atoms with Crippen LogP contribution in [0.15, 0.2) is 12.1 Å². The second-order valence-corrected chi connectivity index (χ2v) is 6.09. The Labute approximate surface area is 127 Å². The van der Waals surface area contributed by atoms with Crippen LogP contribution in [0.4, 0.5) is 0 Å². The first kappa shape index (κ1) is 15.8. The molecule has 4 nitrogen and oxygen atoms in total. The van der Waals surface area contributed by atoms with Crippen molar-refractivity contribution in [1.82, 2.24) is 10.2 Å². The maximum absolute atomic E-state index is 12.2. The summed E-state index contributed by atoms with van der Waals surface area (Å²) in [4.78, 5) is 13.8. The molecular weight excluding hydrogens is 264 g/mol. The maximum atomic E-state index is 12.2. The lowest BCUT2D eigenvalue weighted by Crippen LogP contribution is -2.47. The van der Waals surface area contributed by atoms with E-state index in [2.05, 4.69) is 31.3 Å². The summed E-state index contributed by atoms with van der Waals surface area (Å²) in [6.07, 6.45) is 1.87. The van der Waals surface area contributed by atoms with Gasteiger partial charge in [-0.3, -0.25) is 4.79 Å². The van der Waals surface area contributed by atoms with E-state index in [-0.39, 0.29) is 11.9 Å². The summed E-state index contributed by atoms with van der Waals surface area (Å²) >= 11 is 0. The predicted molar refractivity (Wildman–Crippen MR) is 84.9 cm³/mol. The second-order valence-electron chi connectivity index (χ2n) is 6.09. The molecule has 0 aliphatic carbocycles. The number of nitrogens with one attached hydrogen (secondary N) is 1. The predicted octanol–water partition coefficient (Wildman–Crippen LogP) is 2.24. The van der Waals surface area contributed by atoms with Crippen molar-refractivity contribution in [3.63, 3.8) is 0 Å². The van der Waals surface area contributed by atoms with Crippen molar-refractivity contribution in [2.24, 2.45) is 0 Å². The number of methoxy groups -OCH3 is 1. The summed E-state index contributed by atoms with van der Waals surface area (Å²) in [5.74, 6) is 1.51. The van der Waals surface area contributed by atoms with Crippen LogP contribution in [0.2, 0.25) is 0 Å². The van der Waals surface area contributed by atoms with E-state index in [9.17, 15) is 4.79 Å². The van der Waals surface area contributed by atoms with Gasteiger partial charge in [-0.15, -0.1) is 0 Å². The molecule has 1 heterocycles. The molecule has 1 fully saturated rings. The summed E-state index contributed by atoms with van der Waals surface area (Å²) in [6.45, 7) is 5.06. The molecule has 4 heteroatoms. The Hall–Kier alpha value is -1.55. The third-order valence-corrected chi connectivity index (χ3v) is 4.49. The van der Waals surface area contributed by atoms with Crippen LogP contribution in [-0.4, -0.2) is 44.6 Å². The largest absolute Gasteiger partial charge is 0.496 e. The highest BCUT2D eigenvalue weighted by molar-refractivity contribution is 5.81. The van der Waals surface area contributed by atoms with E-state index >= 15 is 0 Å². The normalized spacial score (nSPS) is 22.0. The fraction of sp³-hybridized carbons (Fsp3) is 0.588. The van der Waals surface area contributed by atoms with Gasteiger partial charge < -0.3 is 15.0 Å². The van der Waals surface area contributed by atoms with E-state index in [1.165, 1.54) is 16.7 Å². The summed E-state index contributed by atoms with van der Waals surface area (Å²) in [5.41, 5.74) is 3.67. The number of amides is 1. The van der Waals surface area contributed by atoms with Crippen molar-refractivity contribution in [2.75, 3.05) is 27.7 Å². The lowest BCUT2D eigenvalue weighted by molar-refractivity contribution is -0.131. The summed E-state index contributed by atoms with van der Waals surface area (Å²) in [7, 11) is 5.35. The standard InChI is InChI=1S/C17H26N2O2/c1-11-6-7-14(16(21-5)12(11)2)13-8-9-18-15(10-13)17(20)19(3)4/h6-7,13,15,18H,8-10H2,1-5H3. The van der Waals surface area contributed by atoms with Crippen LogP contribution in [-0.2, 0) is 4.79 Å². The average molecular weight is 290 g/mol. The maximum Gasteiger partial charge on any atom is 0.239 e. The van der Waals surface area contributed by atoms with Crippen molar-refractivity contribution < 1.29 is 9.53 Å². The zero-order valence-corrected chi connectivity index (χ0v) is 13.7. The van der Waals surface area contributed by atoms with E-state index in [1.54, 1.807) is 12.0 Å². The second kappa shape index (κ2) is 6.48. The number of rotatable bonds is 3. The number of aryl methyl sites for hydroxylation is 1. The molecule has 1 aliphatic rings. The molecule has 0 spiro atoms. The van der Waals surface area contributed by atoms with Crippen molar-refractivity contribution in [3.05, 3.63) is 28.8 Å².